The molecule has 2 atom stereocenters. The largest absolute Gasteiger partial charge is 0.496 e. The zero-order valence-electron chi connectivity index (χ0n) is 20.9. The topological polar surface area (TPSA) is 160 Å². The third-order valence-electron chi connectivity index (χ3n) is 7.25. The number of rotatable bonds is 3. The van der Waals surface area contributed by atoms with Crippen LogP contribution >= 0.6 is 0 Å². The lowest BCUT2D eigenvalue weighted by molar-refractivity contribution is -0.164. The number of likely N-dealkylation sites (tertiary alicyclic amines) is 1. The molecular formula is C24H37N3O8S. The summed E-state index contributed by atoms with van der Waals surface area (Å²) >= 11 is 0. The number of cyclic esters (lactones) is 1. The fraction of sp³-hybridized carbons (Fsp3) is 0.667. The molecule has 1 aromatic rings. The van der Waals surface area contributed by atoms with Gasteiger partial charge in [0.2, 0.25) is 10.0 Å². The number of nitrogens with two attached hydrogens (primary N) is 1. The SMILES string of the molecule is COc1ccc(S(N)(=O)=O)cc1C(=O)N1CCCCC2(CCN(C)CC2)C(=O)OC[C@@H](O)[C@@H](O)CC1. The maximum absolute atomic E-state index is 13.5. The van der Waals surface area contributed by atoms with Crippen molar-refractivity contribution >= 4 is 21.9 Å². The number of ether oxygens (including phenoxy) is 2. The van der Waals surface area contributed by atoms with Crippen molar-refractivity contribution in [3.63, 3.8) is 0 Å². The van der Waals surface area contributed by atoms with Crippen molar-refractivity contribution in [1.82, 2.24) is 9.80 Å². The van der Waals surface area contributed by atoms with Gasteiger partial charge in [-0.25, -0.2) is 13.6 Å². The molecular weight excluding hydrogens is 490 g/mol. The summed E-state index contributed by atoms with van der Waals surface area (Å²) in [5.74, 6) is -0.631. The number of primary sulfonamides is 1. The van der Waals surface area contributed by atoms with Crippen LogP contribution in [0, 0.1) is 5.41 Å². The molecule has 0 unspecified atom stereocenters. The third kappa shape index (κ3) is 6.74. The molecule has 3 rings (SSSR count). The number of hydrogen-bond acceptors (Lipinski definition) is 9. The number of esters is 1. The predicted molar refractivity (Wildman–Crippen MR) is 131 cm³/mol. The number of aliphatic hydroxyl groups excluding tert-OH is 2. The fourth-order valence-corrected chi connectivity index (χ4v) is 5.33. The van der Waals surface area contributed by atoms with Crippen molar-refractivity contribution in [2.45, 2.75) is 55.6 Å². The molecule has 202 valence electrons. The second-order valence-corrected chi connectivity index (χ2v) is 11.3. The highest BCUT2D eigenvalue weighted by Gasteiger charge is 2.42. The zero-order chi connectivity index (χ0) is 26.5. The molecule has 0 aromatic heterocycles. The Hall–Kier alpha value is -2.25. The van der Waals surface area contributed by atoms with Gasteiger partial charge >= 0.3 is 5.97 Å². The Morgan fingerprint density at radius 2 is 1.81 bits per heavy atom. The quantitative estimate of drug-likeness (QED) is 0.471. The summed E-state index contributed by atoms with van der Waals surface area (Å²) in [6.07, 6.45) is 0.647. The van der Waals surface area contributed by atoms with Gasteiger partial charge < -0.3 is 29.5 Å². The Morgan fingerprint density at radius 3 is 2.44 bits per heavy atom. The van der Waals surface area contributed by atoms with Crippen LogP contribution in [-0.4, -0.2) is 99.5 Å². The van der Waals surface area contributed by atoms with E-state index in [9.17, 15) is 28.2 Å². The van der Waals surface area contributed by atoms with Crippen LogP contribution in [0.4, 0.5) is 0 Å². The fourth-order valence-electron chi connectivity index (χ4n) is 4.79. The van der Waals surface area contributed by atoms with Gasteiger partial charge in [0.15, 0.2) is 0 Å². The van der Waals surface area contributed by atoms with Crippen LogP contribution in [0.5, 0.6) is 5.75 Å². The van der Waals surface area contributed by atoms with Crippen LogP contribution in [-0.2, 0) is 19.6 Å². The van der Waals surface area contributed by atoms with Gasteiger partial charge in [-0.2, -0.15) is 0 Å². The van der Waals surface area contributed by atoms with Crippen LogP contribution in [0.25, 0.3) is 0 Å². The lowest BCUT2D eigenvalue weighted by Crippen LogP contribution is -2.45. The van der Waals surface area contributed by atoms with E-state index in [0.717, 1.165) is 13.1 Å². The van der Waals surface area contributed by atoms with E-state index >= 15 is 0 Å². The number of hydrogen-bond donors (Lipinski definition) is 3. The first-order valence-corrected chi connectivity index (χ1v) is 13.7. The molecule has 1 spiro atoms. The Bertz CT molecular complexity index is 1040. The number of piperidine rings is 1. The first kappa shape index (κ1) is 28.3. The lowest BCUT2D eigenvalue weighted by atomic mass is 9.74. The molecule has 2 saturated heterocycles. The summed E-state index contributed by atoms with van der Waals surface area (Å²) < 4.78 is 34.4. The number of benzene rings is 1. The van der Waals surface area contributed by atoms with Gasteiger partial charge in [0.1, 0.15) is 18.5 Å². The van der Waals surface area contributed by atoms with Crippen molar-refractivity contribution in [1.29, 1.82) is 0 Å². The minimum absolute atomic E-state index is 0.0358. The number of amides is 1. The van der Waals surface area contributed by atoms with E-state index in [4.69, 9.17) is 14.6 Å². The van der Waals surface area contributed by atoms with Crippen molar-refractivity contribution in [3.8, 4) is 5.75 Å². The third-order valence-corrected chi connectivity index (χ3v) is 8.16. The van der Waals surface area contributed by atoms with E-state index < -0.39 is 33.6 Å². The maximum Gasteiger partial charge on any atom is 0.312 e. The summed E-state index contributed by atoms with van der Waals surface area (Å²) in [5.41, 5.74) is -0.624. The number of carbonyl (C=O) groups is 2. The van der Waals surface area contributed by atoms with Crippen LogP contribution in [0.15, 0.2) is 23.1 Å². The standard InChI is InChI=1S/C24H37N3O8S/c1-26-13-9-24(10-14-26)8-3-4-11-27(12-7-19(28)20(29)16-35-23(24)31)22(30)18-15-17(36(25,32)33)5-6-21(18)34-2/h5-6,15,19-20,28-29H,3-4,7-14,16H2,1-2H3,(H2,25,32,33)/t19-,20+/m0/s1. The molecule has 2 aliphatic heterocycles. The molecule has 2 heterocycles. The Kier molecular flexibility index (Phi) is 9.33. The highest BCUT2D eigenvalue weighted by atomic mass is 32.2. The highest BCUT2D eigenvalue weighted by Crippen LogP contribution is 2.38. The van der Waals surface area contributed by atoms with Gasteiger partial charge in [0, 0.05) is 13.1 Å². The second kappa shape index (κ2) is 11.9. The molecule has 0 aliphatic carbocycles. The first-order valence-electron chi connectivity index (χ1n) is 12.2. The Morgan fingerprint density at radius 1 is 1.11 bits per heavy atom. The van der Waals surface area contributed by atoms with Gasteiger partial charge in [0.25, 0.3) is 5.91 Å². The minimum atomic E-state index is -4.04. The van der Waals surface area contributed by atoms with Gasteiger partial charge in [-0.05, 0) is 70.4 Å². The van der Waals surface area contributed by atoms with Gasteiger partial charge in [-0.3, -0.25) is 9.59 Å². The summed E-state index contributed by atoms with van der Waals surface area (Å²) in [6, 6.07) is 3.82. The number of aliphatic hydroxyl groups is 2. The Labute approximate surface area is 212 Å². The molecule has 2 aliphatic rings. The maximum atomic E-state index is 13.5. The van der Waals surface area contributed by atoms with E-state index in [2.05, 4.69) is 4.90 Å². The van der Waals surface area contributed by atoms with Crippen LogP contribution in [0.3, 0.4) is 0 Å². The van der Waals surface area contributed by atoms with Crippen molar-refractivity contribution in [2.24, 2.45) is 10.6 Å². The molecule has 0 bridgehead atoms. The van der Waals surface area contributed by atoms with E-state index in [0.29, 0.717) is 38.6 Å². The van der Waals surface area contributed by atoms with Gasteiger partial charge in [0.05, 0.1) is 29.1 Å². The van der Waals surface area contributed by atoms with Crippen molar-refractivity contribution < 1.29 is 37.7 Å². The molecule has 12 heteroatoms. The molecule has 4 N–H and O–H groups in total. The Balaban J connectivity index is 1.85. The van der Waals surface area contributed by atoms with Crippen molar-refractivity contribution in [3.05, 3.63) is 23.8 Å². The molecule has 1 amide bonds. The molecule has 11 nitrogen and oxygen atoms in total. The molecule has 1 aromatic carbocycles. The van der Waals surface area contributed by atoms with Crippen LogP contribution in [0.2, 0.25) is 0 Å². The first-order chi connectivity index (χ1) is 17.0. The van der Waals surface area contributed by atoms with Crippen LogP contribution < -0.4 is 9.88 Å². The molecule has 0 radical (unpaired) electrons. The smallest absolute Gasteiger partial charge is 0.312 e. The van der Waals surface area contributed by atoms with E-state index in [-0.39, 0.29) is 41.8 Å². The molecule has 36 heavy (non-hydrogen) atoms. The van der Waals surface area contributed by atoms with Crippen LogP contribution in [0.1, 0.15) is 48.9 Å². The molecule has 0 saturated carbocycles. The number of nitrogens with zero attached hydrogens (tertiary/aromatic N) is 2. The van der Waals surface area contributed by atoms with E-state index in [1.807, 2.05) is 7.05 Å². The predicted octanol–water partition coefficient (Wildman–Crippen LogP) is 0.336. The van der Waals surface area contributed by atoms with E-state index in [1.165, 1.54) is 30.2 Å². The zero-order valence-corrected chi connectivity index (χ0v) is 21.7. The summed E-state index contributed by atoms with van der Waals surface area (Å²) in [7, 11) is -0.665. The normalized spacial score (nSPS) is 24.8. The van der Waals surface area contributed by atoms with Crippen molar-refractivity contribution in [2.75, 3.05) is 46.9 Å². The average molecular weight is 528 g/mol. The monoisotopic (exact) mass is 527 g/mol. The minimum Gasteiger partial charge on any atom is -0.496 e. The summed E-state index contributed by atoms with van der Waals surface area (Å²) in [6.45, 7) is 1.60. The highest BCUT2D eigenvalue weighted by molar-refractivity contribution is 7.89. The summed E-state index contributed by atoms with van der Waals surface area (Å²) in [4.78, 5) is 30.0. The van der Waals surface area contributed by atoms with Gasteiger partial charge in [-0.1, -0.05) is 6.42 Å². The summed E-state index contributed by atoms with van der Waals surface area (Å²) in [5, 5.41) is 26.1. The number of carbonyl (C=O) groups excluding carboxylic acids is 2. The average Bonchev–Trinajstić information content (AvgIpc) is 2.86. The number of methoxy groups -OCH3 is 1. The van der Waals surface area contributed by atoms with E-state index in [1.54, 1.807) is 0 Å². The second-order valence-electron chi connectivity index (χ2n) is 9.76. The number of sulfonamides is 1. The molecule has 2 fully saturated rings. The lowest BCUT2D eigenvalue weighted by Gasteiger charge is -2.39. The van der Waals surface area contributed by atoms with Gasteiger partial charge in [-0.15, -0.1) is 0 Å².